The summed E-state index contributed by atoms with van der Waals surface area (Å²) >= 11 is 5.53. The minimum atomic E-state index is -4.33. The number of rotatable bonds is 4. The third-order valence-corrected chi connectivity index (χ3v) is 3.93. The number of hydrogen-bond donors (Lipinski definition) is 3. The smallest absolute Gasteiger partial charge is 0.340 e. The number of aromatic amines is 1. The highest BCUT2D eigenvalue weighted by molar-refractivity contribution is 7.92. The summed E-state index contributed by atoms with van der Waals surface area (Å²) in [7, 11) is -4.33. The van der Waals surface area contributed by atoms with E-state index in [1.54, 1.807) is 0 Å². The van der Waals surface area contributed by atoms with Crippen LogP contribution in [0, 0.1) is 5.82 Å². The fraction of sp³-hybridized carbons (Fsp3) is 0. The van der Waals surface area contributed by atoms with Crippen LogP contribution in [-0.2, 0) is 10.0 Å². The predicted molar refractivity (Wildman–Crippen MR) is 67.8 cm³/mol. The molecule has 0 aliphatic carbocycles. The fourth-order valence-corrected chi connectivity index (χ4v) is 2.74. The van der Waals surface area contributed by atoms with Crippen LogP contribution in [0.1, 0.15) is 10.4 Å². The van der Waals surface area contributed by atoms with Gasteiger partial charge in [0.25, 0.3) is 10.0 Å². The number of sulfonamides is 1. The second-order valence-corrected chi connectivity index (χ2v) is 5.65. The fourth-order valence-electron chi connectivity index (χ4n) is 1.41. The molecule has 0 radical (unpaired) electrons. The van der Waals surface area contributed by atoms with E-state index in [0.717, 1.165) is 12.3 Å². The molecule has 20 heavy (non-hydrogen) atoms. The Morgan fingerprint density at radius 1 is 1.45 bits per heavy atom. The molecule has 3 N–H and O–H groups in total. The summed E-state index contributed by atoms with van der Waals surface area (Å²) in [6.07, 6.45) is 0.839. The lowest BCUT2D eigenvalue weighted by Gasteiger charge is -2.08. The van der Waals surface area contributed by atoms with Crippen LogP contribution in [0.3, 0.4) is 0 Å². The van der Waals surface area contributed by atoms with Crippen LogP contribution in [0.2, 0.25) is 5.02 Å². The van der Waals surface area contributed by atoms with Crippen LogP contribution >= 0.6 is 11.6 Å². The normalized spacial score (nSPS) is 11.3. The zero-order valence-corrected chi connectivity index (χ0v) is 11.2. The molecule has 0 spiro atoms. The van der Waals surface area contributed by atoms with Gasteiger partial charge in [0.15, 0.2) is 10.8 Å². The van der Waals surface area contributed by atoms with Crippen molar-refractivity contribution in [2.45, 2.75) is 5.03 Å². The summed E-state index contributed by atoms with van der Waals surface area (Å²) in [5.41, 5.74) is -0.955. The molecule has 0 aliphatic rings. The molecule has 0 saturated carbocycles. The molecule has 2 rings (SSSR count). The number of carbonyl (C=O) groups is 1. The highest BCUT2D eigenvalue weighted by Gasteiger charge is 2.26. The second kappa shape index (κ2) is 5.10. The molecule has 2 aromatic rings. The number of benzene rings is 1. The van der Waals surface area contributed by atoms with E-state index in [4.69, 9.17) is 16.7 Å². The molecular formula is C10H7ClFN3O4S. The van der Waals surface area contributed by atoms with E-state index in [9.17, 15) is 17.6 Å². The average Bonchev–Trinajstić information content (AvgIpc) is 2.85. The van der Waals surface area contributed by atoms with Gasteiger partial charge in [0.1, 0.15) is 5.56 Å². The van der Waals surface area contributed by atoms with Gasteiger partial charge < -0.3 is 5.11 Å². The van der Waals surface area contributed by atoms with E-state index in [2.05, 4.69) is 5.10 Å². The Hall–Kier alpha value is -2.13. The minimum absolute atomic E-state index is 0.270. The largest absolute Gasteiger partial charge is 0.478 e. The van der Waals surface area contributed by atoms with Gasteiger partial charge in [-0.2, -0.15) is 13.5 Å². The Morgan fingerprint density at radius 3 is 2.80 bits per heavy atom. The van der Waals surface area contributed by atoms with Crippen LogP contribution in [0.5, 0.6) is 0 Å². The predicted octanol–water partition coefficient (Wildman–Crippen LogP) is 1.70. The topological polar surface area (TPSA) is 112 Å². The first-order valence-electron chi connectivity index (χ1n) is 5.06. The molecule has 1 aromatic heterocycles. The Bertz CT molecular complexity index is 775. The number of nitrogens with one attached hydrogen (secondary N) is 2. The van der Waals surface area contributed by atoms with E-state index in [1.807, 2.05) is 9.82 Å². The maximum Gasteiger partial charge on any atom is 0.340 e. The Labute approximate surface area is 117 Å². The van der Waals surface area contributed by atoms with Crippen molar-refractivity contribution in [3.63, 3.8) is 0 Å². The Balaban J connectivity index is 2.44. The zero-order chi connectivity index (χ0) is 14.9. The van der Waals surface area contributed by atoms with Gasteiger partial charge in [-0.25, -0.2) is 9.18 Å². The molecule has 1 heterocycles. The lowest BCUT2D eigenvalue weighted by atomic mass is 10.3. The zero-order valence-electron chi connectivity index (χ0n) is 9.59. The second-order valence-electron chi connectivity index (χ2n) is 3.62. The molecule has 0 bridgehead atoms. The SMILES string of the molecule is O=C(O)c1cn[nH]c1S(=O)(=O)Nc1cccc(Cl)c1F. The quantitative estimate of drug-likeness (QED) is 0.794. The van der Waals surface area contributed by atoms with Crippen LogP contribution in [0.25, 0.3) is 0 Å². The Morgan fingerprint density at radius 2 is 2.15 bits per heavy atom. The first kappa shape index (κ1) is 14.3. The molecule has 10 heteroatoms. The van der Waals surface area contributed by atoms with Gasteiger partial charge in [0.05, 0.1) is 16.9 Å². The molecule has 0 atom stereocenters. The number of H-pyrrole nitrogens is 1. The van der Waals surface area contributed by atoms with Gasteiger partial charge in [0, 0.05) is 0 Å². The third-order valence-electron chi connectivity index (χ3n) is 2.30. The van der Waals surface area contributed by atoms with Crippen LogP contribution in [-0.4, -0.2) is 29.7 Å². The van der Waals surface area contributed by atoms with E-state index < -0.39 is 38.1 Å². The number of hydrogen-bond acceptors (Lipinski definition) is 4. The van der Waals surface area contributed by atoms with Crippen LogP contribution in [0.4, 0.5) is 10.1 Å². The molecule has 106 valence electrons. The molecule has 0 aliphatic heterocycles. The van der Waals surface area contributed by atoms with Crippen molar-refractivity contribution >= 4 is 33.3 Å². The summed E-state index contributed by atoms with van der Waals surface area (Å²) in [4.78, 5) is 10.9. The van der Waals surface area contributed by atoms with Gasteiger partial charge in [-0.3, -0.25) is 9.82 Å². The first-order valence-corrected chi connectivity index (χ1v) is 6.92. The lowest BCUT2D eigenvalue weighted by Crippen LogP contribution is -2.17. The van der Waals surface area contributed by atoms with Crippen molar-refractivity contribution < 1.29 is 22.7 Å². The molecular weight excluding hydrogens is 313 g/mol. The van der Waals surface area contributed by atoms with Gasteiger partial charge in [-0.1, -0.05) is 17.7 Å². The van der Waals surface area contributed by atoms with Crippen molar-refractivity contribution in [2.24, 2.45) is 0 Å². The van der Waals surface area contributed by atoms with Crippen molar-refractivity contribution in [1.82, 2.24) is 10.2 Å². The van der Waals surface area contributed by atoms with Crippen LogP contribution < -0.4 is 4.72 Å². The van der Waals surface area contributed by atoms with E-state index in [1.165, 1.54) is 12.1 Å². The lowest BCUT2D eigenvalue weighted by molar-refractivity contribution is 0.0692. The molecule has 0 fully saturated rings. The number of carboxylic acid groups (broad SMARTS) is 1. The number of nitrogens with zero attached hydrogens (tertiary/aromatic N) is 1. The molecule has 0 amide bonds. The third kappa shape index (κ3) is 2.58. The van der Waals surface area contributed by atoms with E-state index in [0.29, 0.717) is 0 Å². The summed E-state index contributed by atoms with van der Waals surface area (Å²) in [6.45, 7) is 0. The number of carboxylic acids is 1. The summed E-state index contributed by atoms with van der Waals surface area (Å²) < 4.78 is 39.5. The summed E-state index contributed by atoms with van der Waals surface area (Å²) in [6, 6.07) is 3.73. The maximum absolute atomic E-state index is 13.6. The first-order chi connectivity index (χ1) is 9.33. The van der Waals surface area contributed by atoms with Gasteiger partial charge in [0.2, 0.25) is 0 Å². The Kier molecular flexibility index (Phi) is 3.64. The van der Waals surface area contributed by atoms with Crippen molar-refractivity contribution in [3.8, 4) is 0 Å². The minimum Gasteiger partial charge on any atom is -0.478 e. The average molecular weight is 320 g/mol. The molecule has 0 saturated heterocycles. The van der Waals surface area contributed by atoms with Crippen molar-refractivity contribution in [3.05, 3.63) is 40.8 Å². The number of halogens is 2. The van der Waals surface area contributed by atoms with Gasteiger partial charge in [-0.05, 0) is 12.1 Å². The molecule has 0 unspecified atom stereocenters. The van der Waals surface area contributed by atoms with E-state index in [-0.39, 0.29) is 5.02 Å². The van der Waals surface area contributed by atoms with Gasteiger partial charge in [-0.15, -0.1) is 0 Å². The summed E-state index contributed by atoms with van der Waals surface area (Å²) in [5, 5.41) is 13.3. The number of anilines is 1. The van der Waals surface area contributed by atoms with Crippen molar-refractivity contribution in [2.75, 3.05) is 4.72 Å². The molecule has 1 aromatic carbocycles. The highest BCUT2D eigenvalue weighted by atomic mass is 35.5. The maximum atomic E-state index is 13.6. The van der Waals surface area contributed by atoms with Gasteiger partial charge >= 0.3 is 5.97 Å². The number of aromatic carboxylic acids is 1. The standard InChI is InChI=1S/C10H7ClFN3O4S/c11-6-2-1-3-7(8(6)12)15-20(18,19)9-5(10(16)17)4-13-14-9/h1-4,15H,(H,13,14)(H,16,17). The highest BCUT2D eigenvalue weighted by Crippen LogP contribution is 2.24. The summed E-state index contributed by atoms with van der Waals surface area (Å²) in [5.74, 6) is -2.44. The molecule has 7 nitrogen and oxygen atoms in total. The van der Waals surface area contributed by atoms with E-state index >= 15 is 0 Å². The van der Waals surface area contributed by atoms with Crippen LogP contribution in [0.15, 0.2) is 29.4 Å². The number of aromatic nitrogens is 2. The van der Waals surface area contributed by atoms with Crippen molar-refractivity contribution in [1.29, 1.82) is 0 Å². The monoisotopic (exact) mass is 319 g/mol.